The number of rotatable bonds is 7. The summed E-state index contributed by atoms with van der Waals surface area (Å²) in [5, 5.41) is 2.88. The summed E-state index contributed by atoms with van der Waals surface area (Å²) in [6.45, 7) is 1.54. The van der Waals surface area contributed by atoms with Crippen molar-refractivity contribution in [1.29, 1.82) is 0 Å². The van der Waals surface area contributed by atoms with Crippen molar-refractivity contribution >= 4 is 16.8 Å². The quantitative estimate of drug-likeness (QED) is 0.398. The third-order valence-electron chi connectivity index (χ3n) is 6.05. The number of alkyl halides is 3. The van der Waals surface area contributed by atoms with E-state index in [0.29, 0.717) is 11.4 Å². The van der Waals surface area contributed by atoms with Gasteiger partial charge in [-0.3, -0.25) is 14.2 Å². The molecule has 0 fully saturated rings. The Morgan fingerprint density at radius 1 is 1.00 bits per heavy atom. The molecule has 0 saturated carbocycles. The van der Waals surface area contributed by atoms with Gasteiger partial charge >= 0.3 is 11.9 Å². The second-order valence-corrected chi connectivity index (χ2v) is 8.35. The summed E-state index contributed by atoms with van der Waals surface area (Å²) in [4.78, 5) is 40.2. The molecule has 1 heterocycles. The van der Waals surface area contributed by atoms with E-state index in [0.717, 1.165) is 16.7 Å². The first-order chi connectivity index (χ1) is 17.7. The summed E-state index contributed by atoms with van der Waals surface area (Å²) in [6, 6.07) is 16.5. The fourth-order valence-corrected chi connectivity index (χ4v) is 4.19. The van der Waals surface area contributed by atoms with Gasteiger partial charge in [0, 0.05) is 6.54 Å². The first kappa shape index (κ1) is 25.7. The minimum atomic E-state index is -4.51. The van der Waals surface area contributed by atoms with Crippen LogP contribution in [-0.4, -0.2) is 22.2 Å². The molecule has 7 nitrogen and oxygen atoms in total. The molecule has 1 N–H and O–H groups in total. The molecule has 0 spiro atoms. The summed E-state index contributed by atoms with van der Waals surface area (Å²) in [6.07, 6.45) is -4.31. The third kappa shape index (κ3) is 5.13. The molecule has 0 aliphatic heterocycles. The predicted octanol–water partition coefficient (Wildman–Crippen LogP) is 4.45. The van der Waals surface area contributed by atoms with Gasteiger partial charge in [0.2, 0.25) is 5.91 Å². The number of halogens is 3. The van der Waals surface area contributed by atoms with Crippen LogP contribution in [0, 0.1) is 0 Å². The Morgan fingerprint density at radius 3 is 2.35 bits per heavy atom. The van der Waals surface area contributed by atoms with Crippen LogP contribution in [0.15, 0.2) is 82.4 Å². The number of ether oxygens (including phenoxy) is 1. The fraction of sp³-hybridized carbons (Fsp3) is 0.222. The largest absolute Gasteiger partial charge is 0.497 e. The molecule has 1 amide bonds. The molecule has 1 atom stereocenters. The highest BCUT2D eigenvalue weighted by molar-refractivity contribution is 5.84. The molecule has 0 radical (unpaired) electrons. The molecular weight excluding hydrogens is 487 g/mol. The van der Waals surface area contributed by atoms with E-state index in [4.69, 9.17) is 4.74 Å². The fourth-order valence-electron chi connectivity index (χ4n) is 4.19. The van der Waals surface area contributed by atoms with Crippen molar-refractivity contribution in [1.82, 2.24) is 14.5 Å². The first-order valence-electron chi connectivity index (χ1n) is 11.5. The van der Waals surface area contributed by atoms with Gasteiger partial charge in [-0.25, -0.2) is 9.36 Å². The van der Waals surface area contributed by atoms with Gasteiger partial charge in [0.05, 0.1) is 29.3 Å². The number of methoxy groups -OCH3 is 1. The minimum Gasteiger partial charge on any atom is -0.497 e. The number of hydrogen-bond acceptors (Lipinski definition) is 4. The average Bonchev–Trinajstić information content (AvgIpc) is 2.90. The van der Waals surface area contributed by atoms with Crippen LogP contribution in [0.5, 0.6) is 5.75 Å². The van der Waals surface area contributed by atoms with Gasteiger partial charge in [0.25, 0.3) is 5.56 Å². The topological polar surface area (TPSA) is 82.3 Å². The molecule has 0 saturated heterocycles. The Hall–Kier alpha value is -4.34. The van der Waals surface area contributed by atoms with E-state index in [2.05, 4.69) is 5.32 Å². The molecule has 0 aliphatic carbocycles. The van der Waals surface area contributed by atoms with E-state index in [1.807, 2.05) is 0 Å². The van der Waals surface area contributed by atoms with E-state index in [-0.39, 0.29) is 29.4 Å². The van der Waals surface area contributed by atoms with E-state index in [1.165, 1.54) is 23.8 Å². The molecule has 192 valence electrons. The number of nitrogens with one attached hydrogen (secondary N) is 1. The maximum absolute atomic E-state index is 13.7. The molecule has 0 aliphatic rings. The van der Waals surface area contributed by atoms with Gasteiger partial charge in [0.15, 0.2) is 0 Å². The number of fused-ring (bicyclic) bond motifs is 1. The normalized spacial score (nSPS) is 12.4. The summed E-state index contributed by atoms with van der Waals surface area (Å²) < 4.78 is 46.6. The van der Waals surface area contributed by atoms with Crippen LogP contribution >= 0.6 is 0 Å². The van der Waals surface area contributed by atoms with Gasteiger partial charge in [-0.1, -0.05) is 31.2 Å². The molecule has 3 aromatic carbocycles. The van der Waals surface area contributed by atoms with Crippen molar-refractivity contribution in [2.75, 3.05) is 7.11 Å². The lowest BCUT2D eigenvalue weighted by Crippen LogP contribution is -2.44. The molecule has 0 unspecified atom stereocenters. The number of aromatic nitrogens is 2. The molecular formula is C27H24F3N3O4. The van der Waals surface area contributed by atoms with Crippen molar-refractivity contribution in [3.05, 3.63) is 105 Å². The number of carbonyl (C=O) groups is 1. The molecule has 4 rings (SSSR count). The van der Waals surface area contributed by atoms with Crippen molar-refractivity contribution in [3.63, 3.8) is 0 Å². The Labute approximate surface area is 209 Å². The number of nitrogens with zero attached hydrogens (tertiary/aromatic N) is 2. The maximum Gasteiger partial charge on any atom is 0.416 e. The highest BCUT2D eigenvalue weighted by atomic mass is 19.4. The predicted molar refractivity (Wildman–Crippen MR) is 133 cm³/mol. The van der Waals surface area contributed by atoms with Gasteiger partial charge in [0.1, 0.15) is 11.8 Å². The SMILES string of the molecule is CC[C@H](C(=O)NCc1cccc(C(F)(F)F)c1)n1c(=O)n(-c2ccc(OC)cc2)c(=O)c2ccccc21. The van der Waals surface area contributed by atoms with Gasteiger partial charge in [-0.2, -0.15) is 13.2 Å². The van der Waals surface area contributed by atoms with Gasteiger partial charge < -0.3 is 10.1 Å². The van der Waals surface area contributed by atoms with Crippen LogP contribution in [0.1, 0.15) is 30.5 Å². The zero-order valence-electron chi connectivity index (χ0n) is 20.1. The lowest BCUT2D eigenvalue weighted by atomic mass is 10.1. The van der Waals surface area contributed by atoms with Crippen LogP contribution in [0.3, 0.4) is 0 Å². The number of benzene rings is 3. The molecule has 1 aromatic heterocycles. The van der Waals surface area contributed by atoms with Crippen molar-refractivity contribution < 1.29 is 22.7 Å². The smallest absolute Gasteiger partial charge is 0.416 e. The third-order valence-corrected chi connectivity index (χ3v) is 6.05. The van der Waals surface area contributed by atoms with Crippen LogP contribution in [-0.2, 0) is 17.5 Å². The number of para-hydroxylation sites is 1. The molecule has 0 bridgehead atoms. The van der Waals surface area contributed by atoms with E-state index >= 15 is 0 Å². The Kier molecular flexibility index (Phi) is 7.19. The van der Waals surface area contributed by atoms with Crippen LogP contribution in [0.2, 0.25) is 0 Å². The zero-order chi connectivity index (χ0) is 26.7. The second-order valence-electron chi connectivity index (χ2n) is 8.35. The van der Waals surface area contributed by atoms with Crippen LogP contribution < -0.4 is 21.3 Å². The number of carbonyl (C=O) groups excluding carboxylic acids is 1. The summed E-state index contributed by atoms with van der Waals surface area (Å²) in [7, 11) is 1.49. The number of amides is 1. The van der Waals surface area contributed by atoms with Crippen molar-refractivity contribution in [2.24, 2.45) is 0 Å². The van der Waals surface area contributed by atoms with E-state index in [9.17, 15) is 27.6 Å². The van der Waals surface area contributed by atoms with Crippen molar-refractivity contribution in [3.8, 4) is 11.4 Å². The summed E-state index contributed by atoms with van der Waals surface area (Å²) in [5.41, 5.74) is -1.23. The van der Waals surface area contributed by atoms with Gasteiger partial charge in [-0.15, -0.1) is 0 Å². The lowest BCUT2D eigenvalue weighted by molar-refractivity contribution is -0.137. The van der Waals surface area contributed by atoms with E-state index in [1.54, 1.807) is 55.5 Å². The van der Waals surface area contributed by atoms with Crippen LogP contribution in [0.4, 0.5) is 13.2 Å². The van der Waals surface area contributed by atoms with Gasteiger partial charge in [-0.05, 0) is 60.5 Å². The Balaban J connectivity index is 1.76. The van der Waals surface area contributed by atoms with E-state index < -0.39 is 34.9 Å². The Bertz CT molecular complexity index is 1560. The highest BCUT2D eigenvalue weighted by Crippen LogP contribution is 2.29. The molecule has 4 aromatic rings. The summed E-state index contributed by atoms with van der Waals surface area (Å²) in [5.74, 6) is -0.0228. The number of hydrogen-bond donors (Lipinski definition) is 1. The lowest BCUT2D eigenvalue weighted by Gasteiger charge is -2.22. The monoisotopic (exact) mass is 511 g/mol. The van der Waals surface area contributed by atoms with Crippen molar-refractivity contribution in [2.45, 2.75) is 32.1 Å². The standard InChI is InChI=1S/C27H24F3N3O4/c1-3-22(24(34)31-16-17-7-6-8-18(15-17)27(28,29)30)33-23-10-5-4-9-21(23)25(35)32(26(33)36)19-11-13-20(37-2)14-12-19/h4-15,22H,3,16H2,1-2H3,(H,31,34)/t22-/m1/s1. The minimum absolute atomic E-state index is 0.163. The average molecular weight is 512 g/mol. The van der Waals surface area contributed by atoms with Crippen LogP contribution in [0.25, 0.3) is 16.6 Å². The Morgan fingerprint density at radius 2 is 1.70 bits per heavy atom. The second kappa shape index (κ2) is 10.3. The maximum atomic E-state index is 13.7. The highest BCUT2D eigenvalue weighted by Gasteiger charge is 2.30. The molecule has 10 heteroatoms. The summed E-state index contributed by atoms with van der Waals surface area (Å²) >= 11 is 0. The molecule has 37 heavy (non-hydrogen) atoms. The zero-order valence-corrected chi connectivity index (χ0v) is 20.1. The first-order valence-corrected chi connectivity index (χ1v) is 11.5.